The Bertz CT molecular complexity index is 692. The molecule has 1 aromatic heterocycles. The molecule has 1 unspecified atom stereocenters. The van der Waals surface area contributed by atoms with Crippen molar-refractivity contribution in [1.29, 1.82) is 0 Å². The number of pyridine rings is 1. The zero-order valence-electron chi connectivity index (χ0n) is 11.6. The Morgan fingerprint density at radius 2 is 1.95 bits per heavy atom. The lowest BCUT2D eigenvalue weighted by molar-refractivity contribution is -0.122. The van der Waals surface area contributed by atoms with Crippen LogP contribution in [0.5, 0.6) is 0 Å². The highest BCUT2D eigenvalue weighted by Crippen LogP contribution is 2.17. The van der Waals surface area contributed by atoms with E-state index in [1.165, 1.54) is 31.6 Å². The molecule has 5 nitrogen and oxygen atoms in total. The molecule has 0 radical (unpaired) electrons. The van der Waals surface area contributed by atoms with Crippen molar-refractivity contribution in [2.24, 2.45) is 0 Å². The lowest BCUT2D eigenvalue weighted by atomic mass is 10.1. The summed E-state index contributed by atoms with van der Waals surface area (Å²) < 4.78 is 26.3. The van der Waals surface area contributed by atoms with Crippen LogP contribution in [0.2, 0.25) is 0 Å². The molecule has 2 N–H and O–H groups in total. The molecule has 0 aliphatic heterocycles. The Balaban J connectivity index is 2.29. The number of aromatic nitrogens is 1. The minimum atomic E-state index is -1.15. The van der Waals surface area contributed by atoms with Crippen LogP contribution in [0.15, 0.2) is 42.7 Å². The second-order valence-electron chi connectivity index (χ2n) is 4.44. The van der Waals surface area contributed by atoms with Crippen LogP contribution in [0.4, 0.5) is 8.78 Å². The number of halogens is 2. The number of amides is 2. The number of carbonyl (C=O) groups excluding carboxylic acids is 2. The number of hydrogen-bond donors (Lipinski definition) is 2. The smallest absolute Gasteiger partial charge is 0.253 e. The van der Waals surface area contributed by atoms with Crippen molar-refractivity contribution in [2.45, 2.75) is 6.04 Å². The summed E-state index contributed by atoms with van der Waals surface area (Å²) in [6.07, 6.45) is 2.84. The monoisotopic (exact) mass is 305 g/mol. The maximum absolute atomic E-state index is 13.3. The van der Waals surface area contributed by atoms with Gasteiger partial charge in [0.1, 0.15) is 6.04 Å². The molecule has 7 heteroatoms. The summed E-state index contributed by atoms with van der Waals surface area (Å²) >= 11 is 0. The van der Waals surface area contributed by atoms with E-state index < -0.39 is 29.5 Å². The van der Waals surface area contributed by atoms with Crippen LogP contribution in [-0.4, -0.2) is 23.8 Å². The van der Waals surface area contributed by atoms with Gasteiger partial charge in [0.15, 0.2) is 11.6 Å². The van der Waals surface area contributed by atoms with Gasteiger partial charge >= 0.3 is 0 Å². The number of benzene rings is 1. The summed E-state index contributed by atoms with van der Waals surface area (Å²) in [7, 11) is 1.38. The highest BCUT2D eigenvalue weighted by atomic mass is 19.2. The molecular formula is C15H13F2N3O2. The first-order valence-corrected chi connectivity index (χ1v) is 6.40. The third-order valence-corrected chi connectivity index (χ3v) is 2.98. The average molecular weight is 305 g/mol. The normalized spacial score (nSPS) is 11.6. The van der Waals surface area contributed by atoms with Gasteiger partial charge in [0.25, 0.3) is 5.91 Å². The first-order chi connectivity index (χ1) is 10.5. The number of carbonyl (C=O) groups is 2. The summed E-state index contributed by atoms with van der Waals surface area (Å²) in [4.78, 5) is 27.8. The molecule has 22 heavy (non-hydrogen) atoms. The van der Waals surface area contributed by atoms with Gasteiger partial charge in [0.05, 0.1) is 5.56 Å². The molecule has 2 rings (SSSR count). The summed E-state index contributed by atoms with van der Waals surface area (Å²) in [6, 6.07) is 4.96. The fraction of sp³-hybridized carbons (Fsp3) is 0.133. The first-order valence-electron chi connectivity index (χ1n) is 6.40. The fourth-order valence-electron chi connectivity index (χ4n) is 1.85. The van der Waals surface area contributed by atoms with E-state index in [0.717, 1.165) is 12.1 Å². The Labute approximate surface area is 125 Å². The second-order valence-corrected chi connectivity index (χ2v) is 4.44. The molecule has 0 aliphatic rings. The van der Waals surface area contributed by atoms with E-state index in [0.29, 0.717) is 0 Å². The fourth-order valence-corrected chi connectivity index (χ4v) is 1.85. The van der Waals surface area contributed by atoms with Crippen molar-refractivity contribution >= 4 is 11.8 Å². The number of likely N-dealkylation sites (N-methyl/N-ethyl adjacent to an activating group) is 1. The quantitative estimate of drug-likeness (QED) is 0.901. The van der Waals surface area contributed by atoms with Gasteiger partial charge in [-0.05, 0) is 29.8 Å². The van der Waals surface area contributed by atoms with Gasteiger partial charge < -0.3 is 10.6 Å². The van der Waals surface area contributed by atoms with Gasteiger partial charge in [-0.25, -0.2) is 8.78 Å². The molecule has 1 atom stereocenters. The first kappa shape index (κ1) is 15.6. The summed E-state index contributed by atoms with van der Waals surface area (Å²) in [5, 5.41) is 4.84. The van der Waals surface area contributed by atoms with Crippen LogP contribution in [0.25, 0.3) is 0 Å². The molecule has 2 aromatic rings. The molecule has 2 amide bonds. The van der Waals surface area contributed by atoms with E-state index in [9.17, 15) is 18.4 Å². The zero-order chi connectivity index (χ0) is 16.1. The van der Waals surface area contributed by atoms with Crippen molar-refractivity contribution in [2.75, 3.05) is 7.05 Å². The SMILES string of the molecule is CNC(=O)C(NC(=O)c1cccnc1)c1ccc(F)c(F)c1. The van der Waals surface area contributed by atoms with Gasteiger partial charge in [0, 0.05) is 19.4 Å². The second kappa shape index (κ2) is 6.75. The van der Waals surface area contributed by atoms with Crippen LogP contribution in [-0.2, 0) is 4.79 Å². The predicted octanol–water partition coefficient (Wildman–Crippen LogP) is 1.58. The minimum absolute atomic E-state index is 0.135. The highest BCUT2D eigenvalue weighted by molar-refractivity contribution is 5.97. The lowest BCUT2D eigenvalue weighted by Gasteiger charge is -2.18. The minimum Gasteiger partial charge on any atom is -0.357 e. The molecule has 0 fully saturated rings. The standard InChI is InChI=1S/C15H13F2N3O2/c1-18-15(22)13(9-4-5-11(16)12(17)7-9)20-14(21)10-3-2-6-19-8-10/h2-8,13H,1H3,(H,18,22)(H,20,21). The number of hydrogen-bond acceptors (Lipinski definition) is 3. The predicted molar refractivity (Wildman–Crippen MR) is 74.9 cm³/mol. The molecule has 0 saturated carbocycles. The van der Waals surface area contributed by atoms with Crippen molar-refractivity contribution < 1.29 is 18.4 Å². The van der Waals surface area contributed by atoms with Crippen LogP contribution in [0.1, 0.15) is 22.0 Å². The van der Waals surface area contributed by atoms with E-state index in [1.807, 2.05) is 0 Å². The molecule has 0 bridgehead atoms. The molecule has 0 aliphatic carbocycles. The average Bonchev–Trinajstić information content (AvgIpc) is 2.55. The number of nitrogens with zero attached hydrogens (tertiary/aromatic N) is 1. The van der Waals surface area contributed by atoms with Gasteiger partial charge in [-0.1, -0.05) is 6.07 Å². The Morgan fingerprint density at radius 1 is 1.18 bits per heavy atom. The summed E-state index contributed by atoms with van der Waals surface area (Å²) in [5.74, 6) is -3.23. The lowest BCUT2D eigenvalue weighted by Crippen LogP contribution is -2.39. The van der Waals surface area contributed by atoms with Crippen molar-refractivity contribution in [3.63, 3.8) is 0 Å². The molecular weight excluding hydrogens is 292 g/mol. The summed E-state index contributed by atoms with van der Waals surface area (Å²) in [6.45, 7) is 0. The van der Waals surface area contributed by atoms with E-state index in [-0.39, 0.29) is 11.1 Å². The van der Waals surface area contributed by atoms with Crippen molar-refractivity contribution in [3.8, 4) is 0 Å². The Hall–Kier alpha value is -2.83. The Kier molecular flexibility index (Phi) is 4.77. The number of nitrogens with one attached hydrogen (secondary N) is 2. The van der Waals surface area contributed by atoms with Crippen LogP contribution in [0.3, 0.4) is 0 Å². The maximum atomic E-state index is 13.3. The maximum Gasteiger partial charge on any atom is 0.253 e. The molecule has 1 heterocycles. The zero-order valence-corrected chi connectivity index (χ0v) is 11.6. The topological polar surface area (TPSA) is 71.1 Å². The van der Waals surface area contributed by atoms with Crippen molar-refractivity contribution in [1.82, 2.24) is 15.6 Å². The molecule has 114 valence electrons. The van der Waals surface area contributed by atoms with Gasteiger partial charge in [-0.15, -0.1) is 0 Å². The Morgan fingerprint density at radius 3 is 2.55 bits per heavy atom. The molecule has 0 spiro atoms. The van der Waals surface area contributed by atoms with Gasteiger partial charge in [-0.2, -0.15) is 0 Å². The van der Waals surface area contributed by atoms with E-state index in [4.69, 9.17) is 0 Å². The summed E-state index contributed by atoms with van der Waals surface area (Å²) in [5.41, 5.74) is 0.384. The third-order valence-electron chi connectivity index (χ3n) is 2.98. The van der Waals surface area contributed by atoms with Crippen LogP contribution in [0, 0.1) is 11.6 Å². The molecule has 0 saturated heterocycles. The van der Waals surface area contributed by atoms with Crippen LogP contribution < -0.4 is 10.6 Å². The third kappa shape index (κ3) is 3.43. The van der Waals surface area contributed by atoms with E-state index in [2.05, 4.69) is 15.6 Å². The van der Waals surface area contributed by atoms with Gasteiger partial charge in [0.2, 0.25) is 5.91 Å². The highest BCUT2D eigenvalue weighted by Gasteiger charge is 2.23. The van der Waals surface area contributed by atoms with Gasteiger partial charge in [-0.3, -0.25) is 14.6 Å². The molecule has 1 aromatic carbocycles. The van der Waals surface area contributed by atoms with E-state index in [1.54, 1.807) is 6.07 Å². The van der Waals surface area contributed by atoms with E-state index >= 15 is 0 Å². The van der Waals surface area contributed by atoms with Crippen molar-refractivity contribution in [3.05, 3.63) is 65.5 Å². The van der Waals surface area contributed by atoms with Crippen LogP contribution >= 0.6 is 0 Å². The largest absolute Gasteiger partial charge is 0.357 e. The number of rotatable bonds is 4.